The Morgan fingerprint density at radius 1 is 1.43 bits per heavy atom. The van der Waals surface area contributed by atoms with Crippen LogP contribution >= 0.6 is 0 Å². The molecule has 0 bridgehead atoms. The highest BCUT2D eigenvalue weighted by atomic mass is 32.2. The number of benzene rings is 1. The number of carboxylic acid groups (broad SMARTS) is 1. The molecule has 1 atom stereocenters. The predicted molar refractivity (Wildman–Crippen MR) is 77.1 cm³/mol. The zero-order valence-corrected chi connectivity index (χ0v) is 12.9. The summed E-state index contributed by atoms with van der Waals surface area (Å²) in [6.45, 7) is 5.26. The number of aliphatic carboxylic acids is 1. The van der Waals surface area contributed by atoms with Crippen LogP contribution in [-0.2, 0) is 14.8 Å². The number of aryl methyl sites for hydroxylation is 1. The maximum absolute atomic E-state index is 12.2. The average molecular weight is 310 g/mol. The number of nitrogens with zero attached hydrogens (tertiary/aromatic N) is 1. The van der Waals surface area contributed by atoms with Crippen LogP contribution in [0.15, 0.2) is 23.1 Å². The highest BCUT2D eigenvalue weighted by Crippen LogP contribution is 2.16. The van der Waals surface area contributed by atoms with Gasteiger partial charge in [-0.3, -0.25) is 4.79 Å². The first-order valence-corrected chi connectivity index (χ1v) is 7.91. The van der Waals surface area contributed by atoms with E-state index in [1.165, 1.54) is 18.2 Å². The minimum atomic E-state index is -3.94. The minimum Gasteiger partial charge on any atom is -0.480 e. The standard InChI is InChI=1S/C14H18N2O4S/c1-9(2)6-13(14(17)18)16-21(19,20)12-5-4-11(8-15)10(3)7-12/h4-5,7,9,13,16H,6H2,1-3H3,(H,17,18)/t13-/m0/s1. The Balaban J connectivity index is 3.08. The highest BCUT2D eigenvalue weighted by Gasteiger charge is 2.26. The van der Waals surface area contributed by atoms with Crippen molar-refractivity contribution in [2.24, 2.45) is 5.92 Å². The second-order valence-corrected chi connectivity index (χ2v) is 6.94. The Hall–Kier alpha value is -1.91. The van der Waals surface area contributed by atoms with Crippen molar-refractivity contribution in [1.82, 2.24) is 4.72 Å². The van der Waals surface area contributed by atoms with Gasteiger partial charge in [-0.2, -0.15) is 9.98 Å². The molecule has 0 aliphatic rings. The van der Waals surface area contributed by atoms with E-state index in [1.807, 2.05) is 19.9 Å². The number of rotatable bonds is 6. The Morgan fingerprint density at radius 3 is 2.48 bits per heavy atom. The van der Waals surface area contributed by atoms with E-state index in [4.69, 9.17) is 10.4 Å². The van der Waals surface area contributed by atoms with Gasteiger partial charge in [0.15, 0.2) is 0 Å². The number of sulfonamides is 1. The van der Waals surface area contributed by atoms with E-state index in [0.717, 1.165) is 0 Å². The summed E-state index contributed by atoms with van der Waals surface area (Å²) in [5.41, 5.74) is 0.905. The van der Waals surface area contributed by atoms with Gasteiger partial charge in [0.1, 0.15) is 6.04 Å². The second-order valence-electron chi connectivity index (χ2n) is 5.23. The van der Waals surface area contributed by atoms with E-state index in [-0.39, 0.29) is 17.2 Å². The largest absolute Gasteiger partial charge is 0.480 e. The maximum Gasteiger partial charge on any atom is 0.321 e. The molecule has 7 heteroatoms. The molecule has 0 spiro atoms. The van der Waals surface area contributed by atoms with E-state index in [1.54, 1.807) is 6.92 Å². The second kappa shape index (κ2) is 6.70. The third-order valence-electron chi connectivity index (χ3n) is 2.93. The molecule has 6 nitrogen and oxygen atoms in total. The van der Waals surface area contributed by atoms with Crippen LogP contribution in [0.25, 0.3) is 0 Å². The van der Waals surface area contributed by atoms with E-state index < -0.39 is 22.0 Å². The van der Waals surface area contributed by atoms with Crippen molar-refractivity contribution in [2.75, 3.05) is 0 Å². The van der Waals surface area contributed by atoms with Crippen molar-refractivity contribution in [1.29, 1.82) is 5.26 Å². The van der Waals surface area contributed by atoms with Gasteiger partial charge < -0.3 is 5.11 Å². The molecule has 1 aromatic rings. The molecule has 1 rings (SSSR count). The van der Waals surface area contributed by atoms with Crippen molar-refractivity contribution in [2.45, 2.75) is 38.1 Å². The summed E-state index contributed by atoms with van der Waals surface area (Å²) in [6.07, 6.45) is 0.198. The zero-order valence-electron chi connectivity index (χ0n) is 12.1. The van der Waals surface area contributed by atoms with Crippen LogP contribution in [0, 0.1) is 24.2 Å². The number of hydrogen-bond acceptors (Lipinski definition) is 4. The third-order valence-corrected chi connectivity index (χ3v) is 4.40. The normalized spacial score (nSPS) is 12.9. The van der Waals surface area contributed by atoms with Gasteiger partial charge in [-0.1, -0.05) is 13.8 Å². The highest BCUT2D eigenvalue weighted by molar-refractivity contribution is 7.89. The molecule has 1 aromatic carbocycles. The molecule has 0 fully saturated rings. The first-order valence-electron chi connectivity index (χ1n) is 6.43. The van der Waals surface area contributed by atoms with E-state index in [9.17, 15) is 13.2 Å². The summed E-state index contributed by atoms with van der Waals surface area (Å²) in [6, 6.07) is 4.83. The minimum absolute atomic E-state index is 0.0384. The van der Waals surface area contributed by atoms with E-state index >= 15 is 0 Å². The fourth-order valence-corrected chi connectivity index (χ4v) is 3.14. The van der Waals surface area contributed by atoms with Gasteiger partial charge in [0.05, 0.1) is 16.5 Å². The van der Waals surface area contributed by atoms with Crippen molar-refractivity contribution >= 4 is 16.0 Å². The summed E-state index contributed by atoms with van der Waals surface area (Å²) in [5, 5.41) is 17.9. The molecule has 0 heterocycles. The van der Waals surface area contributed by atoms with Crippen LogP contribution in [0.1, 0.15) is 31.4 Å². The van der Waals surface area contributed by atoms with Gasteiger partial charge in [-0.25, -0.2) is 8.42 Å². The topological polar surface area (TPSA) is 107 Å². The third kappa shape index (κ3) is 4.55. The lowest BCUT2D eigenvalue weighted by Crippen LogP contribution is -2.41. The number of carbonyl (C=O) groups is 1. The molecule has 0 saturated heterocycles. The number of hydrogen-bond donors (Lipinski definition) is 2. The quantitative estimate of drug-likeness (QED) is 0.830. The number of nitriles is 1. The molecule has 0 saturated carbocycles. The lowest BCUT2D eigenvalue weighted by molar-refractivity contribution is -0.139. The molecule has 0 unspecified atom stereocenters. The van der Waals surface area contributed by atoms with Gasteiger partial charge in [-0.05, 0) is 43.0 Å². The van der Waals surface area contributed by atoms with Crippen LogP contribution < -0.4 is 4.72 Å². The fraction of sp³-hybridized carbons (Fsp3) is 0.429. The molecule has 0 radical (unpaired) electrons. The molecule has 2 N–H and O–H groups in total. The van der Waals surface area contributed by atoms with E-state index in [2.05, 4.69) is 4.72 Å². The van der Waals surface area contributed by atoms with Gasteiger partial charge in [0.25, 0.3) is 0 Å². The van der Waals surface area contributed by atoms with Crippen molar-refractivity contribution in [3.8, 4) is 6.07 Å². The zero-order chi connectivity index (χ0) is 16.2. The summed E-state index contributed by atoms with van der Waals surface area (Å²) in [5.74, 6) is -1.17. The van der Waals surface area contributed by atoms with Gasteiger partial charge in [0.2, 0.25) is 10.0 Å². The molecule has 0 amide bonds. The summed E-state index contributed by atoms with van der Waals surface area (Å²) >= 11 is 0. The van der Waals surface area contributed by atoms with Crippen LogP contribution in [-0.4, -0.2) is 25.5 Å². The van der Waals surface area contributed by atoms with Crippen LogP contribution in [0.4, 0.5) is 0 Å². The summed E-state index contributed by atoms with van der Waals surface area (Å²) in [7, 11) is -3.94. The maximum atomic E-state index is 12.2. The van der Waals surface area contributed by atoms with Gasteiger partial charge in [0, 0.05) is 0 Å². The van der Waals surface area contributed by atoms with Crippen molar-refractivity contribution < 1.29 is 18.3 Å². The van der Waals surface area contributed by atoms with Crippen LogP contribution in [0.2, 0.25) is 0 Å². The Kier molecular flexibility index (Phi) is 5.47. The van der Waals surface area contributed by atoms with Crippen molar-refractivity contribution in [3.63, 3.8) is 0 Å². The Bertz CT molecular complexity index is 675. The first-order chi connectivity index (χ1) is 9.67. The van der Waals surface area contributed by atoms with E-state index in [0.29, 0.717) is 11.1 Å². The summed E-state index contributed by atoms with van der Waals surface area (Å²) < 4.78 is 26.6. The molecule has 0 aromatic heterocycles. The van der Waals surface area contributed by atoms with Gasteiger partial charge >= 0.3 is 5.97 Å². The Labute approximate surface area is 124 Å². The Morgan fingerprint density at radius 2 is 2.05 bits per heavy atom. The van der Waals surface area contributed by atoms with Crippen LogP contribution in [0.3, 0.4) is 0 Å². The van der Waals surface area contributed by atoms with Crippen LogP contribution in [0.5, 0.6) is 0 Å². The SMILES string of the molecule is Cc1cc(S(=O)(=O)N[C@@H](CC(C)C)C(=O)O)ccc1C#N. The first kappa shape index (κ1) is 17.1. The lowest BCUT2D eigenvalue weighted by atomic mass is 10.1. The molecule has 114 valence electrons. The smallest absolute Gasteiger partial charge is 0.321 e. The van der Waals surface area contributed by atoms with Gasteiger partial charge in [-0.15, -0.1) is 0 Å². The monoisotopic (exact) mass is 310 g/mol. The number of nitrogens with one attached hydrogen (secondary N) is 1. The van der Waals surface area contributed by atoms with Crippen molar-refractivity contribution in [3.05, 3.63) is 29.3 Å². The molecule has 0 aliphatic heterocycles. The average Bonchev–Trinajstić information content (AvgIpc) is 2.36. The molecule has 0 aliphatic carbocycles. The fourth-order valence-electron chi connectivity index (χ4n) is 1.85. The predicted octanol–water partition coefficient (Wildman–Crippen LogP) is 1.64. The molecule has 21 heavy (non-hydrogen) atoms. The lowest BCUT2D eigenvalue weighted by Gasteiger charge is -2.17. The molecular formula is C14H18N2O4S. The molecular weight excluding hydrogens is 292 g/mol. The summed E-state index contributed by atoms with van der Waals surface area (Å²) in [4.78, 5) is 11.1. The number of carboxylic acids is 1.